The maximum atomic E-state index is 11.1. The number of rotatable bonds is 3. The highest BCUT2D eigenvalue weighted by Crippen LogP contribution is 2.27. The highest BCUT2D eigenvalue weighted by Gasteiger charge is 2.12. The van der Waals surface area contributed by atoms with Crippen LogP contribution in [0.15, 0.2) is 47.8 Å². The number of aldehydes is 1. The Kier molecular flexibility index (Phi) is 2.78. The van der Waals surface area contributed by atoms with Crippen LogP contribution < -0.4 is 0 Å². The molecule has 0 amide bonds. The van der Waals surface area contributed by atoms with Crippen LogP contribution in [-0.2, 0) is 0 Å². The molecule has 0 fully saturated rings. The van der Waals surface area contributed by atoms with Crippen molar-refractivity contribution < 1.29 is 4.79 Å². The highest BCUT2D eigenvalue weighted by atomic mass is 32.1. The number of aromatic nitrogens is 2. The average Bonchev–Trinajstić information content (AvgIpc) is 3.08. The molecule has 0 atom stereocenters. The van der Waals surface area contributed by atoms with Crippen molar-refractivity contribution >= 4 is 17.6 Å². The van der Waals surface area contributed by atoms with E-state index in [0.717, 1.165) is 28.2 Å². The Bertz CT molecular complexity index is 656. The Morgan fingerprint density at radius 2 is 1.94 bits per heavy atom. The highest BCUT2D eigenvalue weighted by molar-refractivity contribution is 7.13. The van der Waals surface area contributed by atoms with Crippen LogP contribution >= 0.6 is 11.3 Å². The molecule has 0 aliphatic rings. The molecule has 0 unspecified atom stereocenters. The lowest BCUT2D eigenvalue weighted by Crippen LogP contribution is -1.84. The molecule has 3 nitrogen and oxygen atoms in total. The van der Waals surface area contributed by atoms with E-state index < -0.39 is 0 Å². The molecule has 3 aromatic rings. The Morgan fingerprint density at radius 1 is 1.11 bits per heavy atom. The molecule has 0 aliphatic carbocycles. The number of thiophene rings is 1. The van der Waals surface area contributed by atoms with Crippen molar-refractivity contribution in [3.05, 3.63) is 53.5 Å². The largest absolute Gasteiger partial charge is 0.337 e. The van der Waals surface area contributed by atoms with Gasteiger partial charge in [0.2, 0.25) is 0 Å². The van der Waals surface area contributed by atoms with E-state index in [9.17, 15) is 4.79 Å². The molecule has 88 valence electrons. The van der Waals surface area contributed by atoms with Gasteiger partial charge in [-0.1, -0.05) is 36.4 Å². The number of nitrogens with one attached hydrogen (secondary N) is 1. The second-order valence-electron chi connectivity index (χ2n) is 3.81. The Hall–Kier alpha value is -2.20. The zero-order valence-electron chi connectivity index (χ0n) is 9.46. The molecule has 1 aromatic carbocycles. The van der Waals surface area contributed by atoms with E-state index in [2.05, 4.69) is 9.97 Å². The lowest BCUT2D eigenvalue weighted by molar-refractivity contribution is 0.112. The maximum absolute atomic E-state index is 11.1. The van der Waals surface area contributed by atoms with Crippen molar-refractivity contribution in [3.8, 4) is 22.0 Å². The molecule has 2 aromatic heterocycles. The number of H-pyrrole nitrogens is 1. The summed E-state index contributed by atoms with van der Waals surface area (Å²) in [5.41, 5.74) is 2.19. The number of nitrogens with zero attached hydrogens (tertiary/aromatic N) is 1. The molecule has 0 saturated carbocycles. The van der Waals surface area contributed by atoms with E-state index in [1.807, 2.05) is 47.8 Å². The van der Waals surface area contributed by atoms with E-state index in [0.29, 0.717) is 5.69 Å². The fourth-order valence-electron chi connectivity index (χ4n) is 1.83. The number of carbonyl (C=O) groups is 1. The summed E-state index contributed by atoms with van der Waals surface area (Å²) in [6.07, 6.45) is 0.788. The van der Waals surface area contributed by atoms with Crippen LogP contribution in [0.2, 0.25) is 0 Å². The van der Waals surface area contributed by atoms with Crippen molar-refractivity contribution in [2.75, 3.05) is 0 Å². The minimum atomic E-state index is 0.449. The van der Waals surface area contributed by atoms with Crippen LogP contribution in [0.25, 0.3) is 22.0 Å². The summed E-state index contributed by atoms with van der Waals surface area (Å²) in [6.45, 7) is 0. The molecule has 0 bridgehead atoms. The summed E-state index contributed by atoms with van der Waals surface area (Å²) in [7, 11) is 0. The molecule has 3 rings (SSSR count). The first-order valence-electron chi connectivity index (χ1n) is 5.53. The first kappa shape index (κ1) is 10.9. The summed E-state index contributed by atoms with van der Waals surface area (Å²) >= 11 is 1.59. The average molecular weight is 254 g/mol. The van der Waals surface area contributed by atoms with Crippen LogP contribution in [0.3, 0.4) is 0 Å². The second-order valence-corrected chi connectivity index (χ2v) is 4.75. The third kappa shape index (κ3) is 1.87. The third-order valence-corrected chi connectivity index (χ3v) is 3.54. The Morgan fingerprint density at radius 3 is 2.61 bits per heavy atom. The van der Waals surface area contributed by atoms with Gasteiger partial charge in [-0.2, -0.15) is 0 Å². The van der Waals surface area contributed by atoms with Crippen LogP contribution in [0.5, 0.6) is 0 Å². The zero-order chi connectivity index (χ0) is 12.4. The quantitative estimate of drug-likeness (QED) is 0.725. The fraction of sp³-hybridized carbons (Fsp3) is 0. The summed E-state index contributed by atoms with van der Waals surface area (Å²) in [4.78, 5) is 19.7. The van der Waals surface area contributed by atoms with E-state index in [1.54, 1.807) is 11.3 Å². The van der Waals surface area contributed by atoms with E-state index in [1.165, 1.54) is 0 Å². The summed E-state index contributed by atoms with van der Waals surface area (Å²) in [6, 6.07) is 13.7. The molecular formula is C14H10N2OS. The number of aromatic amines is 1. The lowest BCUT2D eigenvalue weighted by Gasteiger charge is -1.97. The minimum Gasteiger partial charge on any atom is -0.337 e. The van der Waals surface area contributed by atoms with Gasteiger partial charge in [-0.05, 0) is 11.4 Å². The van der Waals surface area contributed by atoms with Gasteiger partial charge in [0.15, 0.2) is 6.29 Å². The monoisotopic (exact) mass is 254 g/mol. The van der Waals surface area contributed by atoms with Crippen molar-refractivity contribution in [2.24, 2.45) is 0 Å². The number of hydrogen-bond acceptors (Lipinski definition) is 3. The minimum absolute atomic E-state index is 0.449. The molecule has 18 heavy (non-hydrogen) atoms. The SMILES string of the molecule is O=Cc1nc(-c2cccs2)[nH]c1-c1ccccc1. The molecule has 1 N–H and O–H groups in total. The van der Waals surface area contributed by atoms with E-state index in [4.69, 9.17) is 0 Å². The Labute approximate surface area is 108 Å². The van der Waals surface area contributed by atoms with E-state index >= 15 is 0 Å². The molecule has 2 heterocycles. The smallest absolute Gasteiger partial charge is 0.170 e. The maximum Gasteiger partial charge on any atom is 0.170 e. The Balaban J connectivity index is 2.13. The van der Waals surface area contributed by atoms with Crippen molar-refractivity contribution in [1.82, 2.24) is 9.97 Å². The van der Waals surface area contributed by atoms with Crippen LogP contribution in [0.4, 0.5) is 0 Å². The van der Waals surface area contributed by atoms with Gasteiger partial charge in [-0.15, -0.1) is 11.3 Å². The molecule has 0 aliphatic heterocycles. The fourth-order valence-corrected chi connectivity index (χ4v) is 2.50. The van der Waals surface area contributed by atoms with Gasteiger partial charge in [0.1, 0.15) is 11.5 Å². The number of benzene rings is 1. The van der Waals surface area contributed by atoms with Gasteiger partial charge in [0.25, 0.3) is 0 Å². The summed E-state index contributed by atoms with van der Waals surface area (Å²) in [5.74, 6) is 0.742. The molecule has 4 heteroatoms. The van der Waals surface area contributed by atoms with Gasteiger partial charge < -0.3 is 4.98 Å². The van der Waals surface area contributed by atoms with Gasteiger partial charge in [-0.25, -0.2) is 4.98 Å². The number of hydrogen-bond donors (Lipinski definition) is 1. The summed E-state index contributed by atoms with van der Waals surface area (Å²) < 4.78 is 0. The normalized spacial score (nSPS) is 10.4. The molecule has 0 saturated heterocycles. The number of imidazole rings is 1. The topological polar surface area (TPSA) is 45.8 Å². The van der Waals surface area contributed by atoms with Gasteiger partial charge in [-0.3, -0.25) is 4.79 Å². The summed E-state index contributed by atoms with van der Waals surface area (Å²) in [5, 5.41) is 1.99. The molecule has 0 radical (unpaired) electrons. The first-order valence-corrected chi connectivity index (χ1v) is 6.41. The van der Waals surface area contributed by atoms with Crippen molar-refractivity contribution in [1.29, 1.82) is 0 Å². The van der Waals surface area contributed by atoms with Crippen LogP contribution in [0, 0.1) is 0 Å². The predicted molar refractivity (Wildman–Crippen MR) is 72.7 cm³/mol. The van der Waals surface area contributed by atoms with Gasteiger partial charge in [0, 0.05) is 5.56 Å². The predicted octanol–water partition coefficient (Wildman–Crippen LogP) is 3.62. The first-order chi connectivity index (χ1) is 8.88. The third-order valence-electron chi connectivity index (χ3n) is 2.66. The standard InChI is InChI=1S/C14H10N2OS/c17-9-11-13(10-5-2-1-3-6-10)16-14(15-11)12-7-4-8-18-12/h1-9H,(H,15,16). The van der Waals surface area contributed by atoms with Gasteiger partial charge >= 0.3 is 0 Å². The van der Waals surface area contributed by atoms with Crippen molar-refractivity contribution in [3.63, 3.8) is 0 Å². The van der Waals surface area contributed by atoms with E-state index in [-0.39, 0.29) is 0 Å². The lowest BCUT2D eigenvalue weighted by atomic mass is 10.1. The molecule has 0 spiro atoms. The number of carbonyl (C=O) groups excluding carboxylic acids is 1. The van der Waals surface area contributed by atoms with Crippen LogP contribution in [-0.4, -0.2) is 16.3 Å². The second kappa shape index (κ2) is 4.58. The zero-order valence-corrected chi connectivity index (χ0v) is 10.3. The van der Waals surface area contributed by atoms with Crippen molar-refractivity contribution in [2.45, 2.75) is 0 Å². The molecular weight excluding hydrogens is 244 g/mol. The van der Waals surface area contributed by atoms with Crippen LogP contribution in [0.1, 0.15) is 10.5 Å². The van der Waals surface area contributed by atoms with Gasteiger partial charge in [0.05, 0.1) is 10.6 Å².